The van der Waals surface area contributed by atoms with Crippen LogP contribution < -0.4 is 5.32 Å². The third-order valence-electron chi connectivity index (χ3n) is 4.86. The average molecular weight is 501 g/mol. The highest BCUT2D eigenvalue weighted by Crippen LogP contribution is 2.29. The van der Waals surface area contributed by atoms with Crippen molar-refractivity contribution in [2.45, 2.75) is 28.8 Å². The van der Waals surface area contributed by atoms with Gasteiger partial charge in [-0.1, -0.05) is 59.4 Å². The molecule has 0 aliphatic rings. The minimum absolute atomic E-state index is 0.0245. The fourth-order valence-corrected chi connectivity index (χ4v) is 5.61. The molecule has 1 amide bonds. The summed E-state index contributed by atoms with van der Waals surface area (Å²) in [4.78, 5) is 12.8. The first kappa shape index (κ1) is 23.1. The van der Waals surface area contributed by atoms with E-state index in [1.54, 1.807) is 30.8 Å². The zero-order chi connectivity index (χ0) is 23.4. The van der Waals surface area contributed by atoms with Gasteiger partial charge in [-0.2, -0.15) is 0 Å². The van der Waals surface area contributed by atoms with Crippen LogP contribution in [0.2, 0.25) is 0 Å². The summed E-state index contributed by atoms with van der Waals surface area (Å²) in [7, 11) is -3.28. The average Bonchev–Trinajstić information content (AvgIpc) is 3.49. The Labute approximate surface area is 199 Å². The summed E-state index contributed by atoms with van der Waals surface area (Å²) in [6.45, 7) is 3.66. The van der Waals surface area contributed by atoms with Crippen molar-refractivity contribution >= 4 is 44.0 Å². The van der Waals surface area contributed by atoms with Crippen LogP contribution in [0.25, 0.3) is 11.3 Å². The number of sulfone groups is 1. The molecule has 0 saturated heterocycles. The second kappa shape index (κ2) is 9.86. The molecule has 0 radical (unpaired) electrons. The summed E-state index contributed by atoms with van der Waals surface area (Å²) in [5.41, 5.74) is 3.13. The van der Waals surface area contributed by atoms with Crippen molar-refractivity contribution in [1.82, 2.24) is 15.4 Å². The van der Waals surface area contributed by atoms with Gasteiger partial charge in [0, 0.05) is 17.4 Å². The fourth-order valence-electron chi connectivity index (χ4n) is 2.90. The maximum absolute atomic E-state index is 12.5. The normalized spacial score (nSPS) is 11.5. The van der Waals surface area contributed by atoms with Gasteiger partial charge in [-0.25, -0.2) is 8.42 Å². The van der Waals surface area contributed by atoms with Crippen molar-refractivity contribution in [1.29, 1.82) is 0 Å². The summed E-state index contributed by atoms with van der Waals surface area (Å²) >= 11 is 2.84. The standard InChI is InChI=1S/C22H20N4O4S3/c1-3-33(28,29)17-10-8-15(9-11-17)19-12-18(26-30-19)20(27)23-21-24-25-22(32-21)31-13-16-7-5-4-6-14(16)2/h4-12H,3,13H2,1-2H3,(H,23,24,27). The van der Waals surface area contributed by atoms with E-state index in [-0.39, 0.29) is 16.3 Å². The van der Waals surface area contributed by atoms with Gasteiger partial charge in [-0.15, -0.1) is 10.2 Å². The zero-order valence-electron chi connectivity index (χ0n) is 17.8. The Morgan fingerprint density at radius 1 is 1.12 bits per heavy atom. The zero-order valence-corrected chi connectivity index (χ0v) is 20.3. The number of carbonyl (C=O) groups excluding carboxylic acids is 1. The fraction of sp³-hybridized carbons (Fsp3) is 0.182. The van der Waals surface area contributed by atoms with Crippen molar-refractivity contribution < 1.29 is 17.7 Å². The van der Waals surface area contributed by atoms with E-state index in [1.165, 1.54) is 40.7 Å². The molecule has 0 fully saturated rings. The number of aryl methyl sites for hydroxylation is 1. The molecule has 0 aliphatic carbocycles. The van der Waals surface area contributed by atoms with E-state index < -0.39 is 15.7 Å². The smallest absolute Gasteiger partial charge is 0.279 e. The molecule has 0 unspecified atom stereocenters. The van der Waals surface area contributed by atoms with Crippen LogP contribution in [0.3, 0.4) is 0 Å². The highest BCUT2D eigenvalue weighted by Gasteiger charge is 2.17. The Bertz CT molecular complexity index is 1380. The molecule has 0 bridgehead atoms. The Balaban J connectivity index is 1.39. The predicted molar refractivity (Wildman–Crippen MR) is 128 cm³/mol. The monoisotopic (exact) mass is 500 g/mol. The maximum atomic E-state index is 12.5. The van der Waals surface area contributed by atoms with Crippen LogP contribution in [0.15, 0.2) is 68.4 Å². The lowest BCUT2D eigenvalue weighted by molar-refractivity contribution is 0.101. The number of nitrogens with zero attached hydrogens (tertiary/aromatic N) is 3. The number of amides is 1. The SMILES string of the molecule is CCS(=O)(=O)c1ccc(-c2cc(C(=O)Nc3nnc(SCc4ccccc4C)s3)no2)cc1. The molecule has 0 aliphatic heterocycles. The molecule has 0 spiro atoms. The van der Waals surface area contributed by atoms with E-state index in [2.05, 4.69) is 39.7 Å². The maximum Gasteiger partial charge on any atom is 0.279 e. The van der Waals surface area contributed by atoms with Crippen LogP contribution in [0.1, 0.15) is 28.5 Å². The Morgan fingerprint density at radius 2 is 1.88 bits per heavy atom. The third-order valence-corrected chi connectivity index (χ3v) is 8.63. The number of hydrogen-bond acceptors (Lipinski definition) is 9. The van der Waals surface area contributed by atoms with Gasteiger partial charge in [-0.3, -0.25) is 10.1 Å². The van der Waals surface area contributed by atoms with Gasteiger partial charge in [-0.05, 0) is 42.3 Å². The Morgan fingerprint density at radius 3 is 2.61 bits per heavy atom. The van der Waals surface area contributed by atoms with Crippen molar-refractivity contribution in [3.63, 3.8) is 0 Å². The molecule has 4 rings (SSSR count). The summed E-state index contributed by atoms with van der Waals surface area (Å²) in [6.07, 6.45) is 0. The van der Waals surface area contributed by atoms with Crippen molar-refractivity contribution in [3.05, 3.63) is 71.4 Å². The third kappa shape index (κ3) is 5.49. The van der Waals surface area contributed by atoms with E-state index >= 15 is 0 Å². The Kier molecular flexibility index (Phi) is 6.91. The van der Waals surface area contributed by atoms with Gasteiger partial charge in [0.15, 0.2) is 25.6 Å². The second-order valence-corrected chi connectivity index (χ2v) is 11.5. The number of nitrogens with one attached hydrogen (secondary N) is 1. The van der Waals surface area contributed by atoms with Crippen LogP contribution in [0, 0.1) is 6.92 Å². The molecule has 0 saturated carbocycles. The molecule has 11 heteroatoms. The van der Waals surface area contributed by atoms with Gasteiger partial charge >= 0.3 is 0 Å². The number of thioether (sulfide) groups is 1. The number of rotatable bonds is 8. The largest absolute Gasteiger partial charge is 0.355 e. The van der Waals surface area contributed by atoms with Crippen molar-refractivity contribution in [3.8, 4) is 11.3 Å². The second-order valence-electron chi connectivity index (χ2n) is 7.05. The topological polar surface area (TPSA) is 115 Å². The van der Waals surface area contributed by atoms with E-state index in [1.807, 2.05) is 12.1 Å². The van der Waals surface area contributed by atoms with Gasteiger partial charge in [0.2, 0.25) is 5.13 Å². The molecule has 33 heavy (non-hydrogen) atoms. The Hall–Kier alpha value is -3.02. The molecule has 1 N–H and O–H groups in total. The highest BCUT2D eigenvalue weighted by molar-refractivity contribution is 8.00. The van der Waals surface area contributed by atoms with Crippen LogP contribution in [0.4, 0.5) is 5.13 Å². The number of aromatic nitrogens is 3. The molecule has 8 nitrogen and oxygen atoms in total. The van der Waals surface area contributed by atoms with Crippen molar-refractivity contribution in [2.24, 2.45) is 0 Å². The van der Waals surface area contributed by atoms with Gasteiger partial charge in [0.25, 0.3) is 5.91 Å². The minimum atomic E-state index is -3.28. The quantitative estimate of drug-likeness (QED) is 0.270. The van der Waals surface area contributed by atoms with E-state index in [0.29, 0.717) is 16.5 Å². The molecule has 4 aromatic rings. The van der Waals surface area contributed by atoms with Gasteiger partial charge in [0.1, 0.15) is 0 Å². The lowest BCUT2D eigenvalue weighted by atomic mass is 10.1. The number of hydrogen-bond donors (Lipinski definition) is 1. The molecule has 0 atom stereocenters. The van der Waals surface area contributed by atoms with E-state index in [4.69, 9.17) is 4.52 Å². The van der Waals surface area contributed by atoms with E-state index in [9.17, 15) is 13.2 Å². The lowest BCUT2D eigenvalue weighted by Gasteiger charge is -2.02. The summed E-state index contributed by atoms with van der Waals surface area (Å²) in [5, 5.41) is 15.0. The molecule has 2 aromatic heterocycles. The van der Waals surface area contributed by atoms with Crippen LogP contribution in [-0.2, 0) is 15.6 Å². The van der Waals surface area contributed by atoms with Crippen LogP contribution in [0.5, 0.6) is 0 Å². The first-order valence-electron chi connectivity index (χ1n) is 9.98. The lowest BCUT2D eigenvalue weighted by Crippen LogP contribution is -2.11. The number of anilines is 1. The first-order valence-corrected chi connectivity index (χ1v) is 13.4. The summed E-state index contributed by atoms with van der Waals surface area (Å²) in [6, 6.07) is 15.9. The molecule has 170 valence electrons. The molecular weight excluding hydrogens is 480 g/mol. The van der Waals surface area contributed by atoms with Crippen molar-refractivity contribution in [2.75, 3.05) is 11.1 Å². The van der Waals surface area contributed by atoms with Gasteiger partial charge in [0.05, 0.1) is 10.6 Å². The summed E-state index contributed by atoms with van der Waals surface area (Å²) in [5.74, 6) is 0.672. The predicted octanol–water partition coefficient (Wildman–Crippen LogP) is 4.84. The number of benzene rings is 2. The summed E-state index contributed by atoms with van der Waals surface area (Å²) < 4.78 is 29.9. The first-order chi connectivity index (χ1) is 15.9. The van der Waals surface area contributed by atoms with Crippen LogP contribution in [-0.4, -0.2) is 35.4 Å². The van der Waals surface area contributed by atoms with E-state index in [0.717, 1.165) is 10.1 Å². The van der Waals surface area contributed by atoms with Crippen LogP contribution >= 0.6 is 23.1 Å². The van der Waals surface area contributed by atoms with Gasteiger partial charge < -0.3 is 4.52 Å². The molecule has 2 aromatic carbocycles. The molecule has 2 heterocycles. The minimum Gasteiger partial charge on any atom is -0.355 e. The highest BCUT2D eigenvalue weighted by atomic mass is 32.2. The number of carbonyl (C=O) groups is 1. The molecular formula is C22H20N4O4S3.